The van der Waals surface area contributed by atoms with E-state index in [4.69, 9.17) is 14.7 Å². The maximum atomic E-state index is 7.38. The molecule has 12 heavy (non-hydrogen) atoms. The largest absolute Gasteiger partial charge is 0.353 e. The highest BCUT2D eigenvalue weighted by Gasteiger charge is 2.09. The smallest absolute Gasteiger partial charge is 0.157 e. The standard InChI is InChI=1S/C6H12O2.C2H6O2/c1-2-6-7-4-3-5-8-6;1-2-4-3/h6H,2-5H2,1H3;3H,2H2,1H3. The van der Waals surface area contributed by atoms with E-state index in [0.717, 1.165) is 26.1 Å². The maximum Gasteiger partial charge on any atom is 0.157 e. The molecule has 1 rings (SSSR count). The van der Waals surface area contributed by atoms with Gasteiger partial charge in [-0.05, 0) is 19.8 Å². The monoisotopic (exact) mass is 178 g/mol. The van der Waals surface area contributed by atoms with Gasteiger partial charge in [-0.1, -0.05) is 6.92 Å². The van der Waals surface area contributed by atoms with Crippen LogP contribution in [0.1, 0.15) is 26.7 Å². The molecule has 0 radical (unpaired) electrons. The van der Waals surface area contributed by atoms with Crippen molar-refractivity contribution in [3.63, 3.8) is 0 Å². The first-order valence-electron chi connectivity index (χ1n) is 4.34. The van der Waals surface area contributed by atoms with Crippen LogP contribution in [0.25, 0.3) is 0 Å². The predicted octanol–water partition coefficient (Wildman–Crippen LogP) is 1.66. The number of hydrogen-bond donors (Lipinski definition) is 1. The molecule has 74 valence electrons. The molecule has 1 aliphatic rings. The van der Waals surface area contributed by atoms with Crippen LogP contribution >= 0.6 is 0 Å². The highest BCUT2D eigenvalue weighted by molar-refractivity contribution is 4.47. The predicted molar refractivity (Wildman–Crippen MR) is 44.9 cm³/mol. The lowest BCUT2D eigenvalue weighted by Crippen LogP contribution is -2.23. The number of rotatable bonds is 2. The van der Waals surface area contributed by atoms with Gasteiger partial charge in [0.05, 0.1) is 19.8 Å². The topological polar surface area (TPSA) is 47.9 Å². The Morgan fingerprint density at radius 3 is 2.08 bits per heavy atom. The fourth-order valence-corrected chi connectivity index (χ4v) is 0.772. The van der Waals surface area contributed by atoms with Crippen molar-refractivity contribution >= 4 is 0 Å². The van der Waals surface area contributed by atoms with E-state index in [1.807, 2.05) is 0 Å². The summed E-state index contributed by atoms with van der Waals surface area (Å²) in [6.45, 7) is 5.90. The molecule has 0 aliphatic carbocycles. The molecule has 0 unspecified atom stereocenters. The van der Waals surface area contributed by atoms with Gasteiger partial charge in [0.1, 0.15) is 0 Å². The summed E-state index contributed by atoms with van der Waals surface area (Å²) in [4.78, 5) is 3.54. The lowest BCUT2D eigenvalue weighted by Gasteiger charge is -2.21. The zero-order valence-electron chi connectivity index (χ0n) is 7.78. The first-order valence-corrected chi connectivity index (χ1v) is 4.34. The van der Waals surface area contributed by atoms with Crippen molar-refractivity contribution in [1.29, 1.82) is 0 Å². The second kappa shape index (κ2) is 8.93. The molecule has 0 bridgehead atoms. The summed E-state index contributed by atoms with van der Waals surface area (Å²) in [5, 5.41) is 7.38. The lowest BCUT2D eigenvalue weighted by molar-refractivity contribution is -0.237. The van der Waals surface area contributed by atoms with Gasteiger partial charge in [0, 0.05) is 0 Å². The Bertz CT molecular complexity index is 79.1. The molecule has 4 nitrogen and oxygen atoms in total. The van der Waals surface area contributed by atoms with Crippen molar-refractivity contribution in [3.05, 3.63) is 0 Å². The van der Waals surface area contributed by atoms with Gasteiger partial charge >= 0.3 is 0 Å². The van der Waals surface area contributed by atoms with Crippen LogP contribution in [0.2, 0.25) is 0 Å². The van der Waals surface area contributed by atoms with Crippen molar-refractivity contribution in [2.24, 2.45) is 0 Å². The summed E-state index contributed by atoms with van der Waals surface area (Å²) in [7, 11) is 0. The van der Waals surface area contributed by atoms with Crippen LogP contribution in [0.3, 0.4) is 0 Å². The van der Waals surface area contributed by atoms with Crippen LogP contribution in [0.15, 0.2) is 0 Å². The van der Waals surface area contributed by atoms with Crippen molar-refractivity contribution in [2.75, 3.05) is 19.8 Å². The Morgan fingerprint density at radius 1 is 1.33 bits per heavy atom. The van der Waals surface area contributed by atoms with E-state index < -0.39 is 0 Å². The molecule has 0 spiro atoms. The second-order valence-corrected chi connectivity index (χ2v) is 2.35. The van der Waals surface area contributed by atoms with Gasteiger partial charge in [0.25, 0.3) is 0 Å². The van der Waals surface area contributed by atoms with Crippen LogP contribution in [0, 0.1) is 0 Å². The fourth-order valence-electron chi connectivity index (χ4n) is 0.772. The summed E-state index contributed by atoms with van der Waals surface area (Å²) < 4.78 is 10.4. The Morgan fingerprint density at radius 2 is 1.83 bits per heavy atom. The zero-order chi connectivity index (χ0) is 9.23. The minimum absolute atomic E-state index is 0.0868. The van der Waals surface area contributed by atoms with Gasteiger partial charge in [-0.25, -0.2) is 4.89 Å². The molecule has 1 heterocycles. The van der Waals surface area contributed by atoms with Crippen LogP contribution in [0.4, 0.5) is 0 Å². The SMILES string of the molecule is CCC1OCCCO1.CCOO. The summed E-state index contributed by atoms with van der Waals surface area (Å²) in [5.41, 5.74) is 0. The first kappa shape index (κ1) is 11.8. The Hall–Kier alpha value is -0.160. The lowest BCUT2D eigenvalue weighted by atomic mass is 10.4. The van der Waals surface area contributed by atoms with Crippen molar-refractivity contribution in [3.8, 4) is 0 Å². The van der Waals surface area contributed by atoms with Crippen molar-refractivity contribution < 1.29 is 19.6 Å². The van der Waals surface area contributed by atoms with Gasteiger partial charge in [-0.2, -0.15) is 0 Å². The minimum atomic E-state index is 0.0868. The summed E-state index contributed by atoms with van der Waals surface area (Å²) in [6.07, 6.45) is 2.11. The summed E-state index contributed by atoms with van der Waals surface area (Å²) >= 11 is 0. The van der Waals surface area contributed by atoms with Gasteiger partial charge in [-0.15, -0.1) is 0 Å². The Balaban J connectivity index is 0.000000261. The molecule has 0 saturated carbocycles. The van der Waals surface area contributed by atoms with E-state index in [1.165, 1.54) is 0 Å². The number of ether oxygens (including phenoxy) is 2. The van der Waals surface area contributed by atoms with E-state index in [-0.39, 0.29) is 6.29 Å². The molecule has 1 aliphatic heterocycles. The molecule has 4 heteroatoms. The van der Waals surface area contributed by atoms with Crippen LogP contribution < -0.4 is 0 Å². The molecule has 1 N–H and O–H groups in total. The van der Waals surface area contributed by atoms with Crippen molar-refractivity contribution in [2.45, 2.75) is 33.0 Å². The quantitative estimate of drug-likeness (QED) is 0.516. The van der Waals surface area contributed by atoms with Crippen LogP contribution in [-0.4, -0.2) is 31.4 Å². The fraction of sp³-hybridized carbons (Fsp3) is 1.00. The summed E-state index contributed by atoms with van der Waals surface area (Å²) in [6, 6.07) is 0. The Labute approximate surface area is 73.4 Å². The molecule has 0 aromatic heterocycles. The molecule has 0 aromatic rings. The van der Waals surface area contributed by atoms with E-state index >= 15 is 0 Å². The van der Waals surface area contributed by atoms with Crippen LogP contribution in [-0.2, 0) is 14.4 Å². The average Bonchev–Trinajstić information content (AvgIpc) is 2.19. The third-order valence-corrected chi connectivity index (χ3v) is 1.36. The first-order chi connectivity index (χ1) is 5.85. The van der Waals surface area contributed by atoms with E-state index in [0.29, 0.717) is 6.61 Å². The second-order valence-electron chi connectivity index (χ2n) is 2.35. The molecule has 0 atom stereocenters. The van der Waals surface area contributed by atoms with E-state index in [1.54, 1.807) is 6.92 Å². The van der Waals surface area contributed by atoms with E-state index in [9.17, 15) is 0 Å². The molecule has 0 aromatic carbocycles. The molecule has 1 saturated heterocycles. The molecule has 1 fully saturated rings. The molecular formula is C8H18O4. The van der Waals surface area contributed by atoms with E-state index in [2.05, 4.69) is 11.8 Å². The zero-order valence-corrected chi connectivity index (χ0v) is 7.78. The van der Waals surface area contributed by atoms with Gasteiger partial charge in [-0.3, -0.25) is 5.26 Å². The van der Waals surface area contributed by atoms with Gasteiger partial charge < -0.3 is 9.47 Å². The van der Waals surface area contributed by atoms with Gasteiger partial charge in [0.15, 0.2) is 6.29 Å². The molecular weight excluding hydrogens is 160 g/mol. The Kier molecular flexibility index (Phi) is 8.81. The van der Waals surface area contributed by atoms with Gasteiger partial charge in [0.2, 0.25) is 0 Å². The highest BCUT2D eigenvalue weighted by atomic mass is 17.1. The maximum absolute atomic E-state index is 7.38. The highest BCUT2D eigenvalue weighted by Crippen LogP contribution is 2.06. The summed E-state index contributed by atoms with van der Waals surface area (Å²) in [5.74, 6) is 0. The number of hydrogen-bond acceptors (Lipinski definition) is 4. The average molecular weight is 178 g/mol. The minimum Gasteiger partial charge on any atom is -0.353 e. The molecule has 0 amide bonds. The van der Waals surface area contributed by atoms with Crippen LogP contribution in [0.5, 0.6) is 0 Å². The third-order valence-electron chi connectivity index (χ3n) is 1.36. The van der Waals surface area contributed by atoms with Crippen molar-refractivity contribution in [1.82, 2.24) is 0 Å². The third kappa shape index (κ3) is 6.54. The normalized spacial score (nSPS) is 18.2.